The zero-order chi connectivity index (χ0) is 15.2. The van der Waals surface area contributed by atoms with Gasteiger partial charge >= 0.3 is 0 Å². The van der Waals surface area contributed by atoms with Crippen LogP contribution in [0.5, 0.6) is 0 Å². The molecule has 0 unspecified atom stereocenters. The molecule has 0 aliphatic heterocycles. The fraction of sp³-hybridized carbons (Fsp3) is 0.0667. The summed E-state index contributed by atoms with van der Waals surface area (Å²) in [6, 6.07) is 10.4. The zero-order valence-electron chi connectivity index (χ0n) is 10.7. The van der Waals surface area contributed by atoms with Crippen LogP contribution in [-0.4, -0.2) is 17.6 Å². The summed E-state index contributed by atoms with van der Waals surface area (Å²) in [5.74, 6) is 5.04. The zero-order valence-corrected chi connectivity index (χ0v) is 13.1. The summed E-state index contributed by atoms with van der Waals surface area (Å²) in [5.41, 5.74) is 1.10. The first-order valence-electron chi connectivity index (χ1n) is 5.84. The predicted molar refractivity (Wildman–Crippen MR) is 85.1 cm³/mol. The molecule has 21 heavy (non-hydrogen) atoms. The van der Waals surface area contributed by atoms with Gasteiger partial charge in [-0.15, -0.1) is 11.3 Å². The first-order chi connectivity index (χ1) is 10.1. The number of nitrogens with one attached hydrogen (secondary N) is 1. The van der Waals surface area contributed by atoms with Gasteiger partial charge in [-0.1, -0.05) is 11.8 Å². The smallest absolute Gasteiger partial charge is 0.265 e. The number of aliphatic hydroxyl groups is 1. The van der Waals surface area contributed by atoms with E-state index in [9.17, 15) is 4.79 Å². The van der Waals surface area contributed by atoms with E-state index >= 15 is 0 Å². The molecule has 2 aromatic rings. The highest BCUT2D eigenvalue weighted by Gasteiger charge is 2.11. The summed E-state index contributed by atoms with van der Waals surface area (Å²) in [5, 5.41) is 20.2. The van der Waals surface area contributed by atoms with Crippen molar-refractivity contribution in [3.05, 3.63) is 50.1 Å². The number of nitrogens with zero attached hydrogens (tertiary/aromatic N) is 1. The van der Waals surface area contributed by atoms with Gasteiger partial charge in [0.2, 0.25) is 0 Å². The Kier molecular flexibility index (Phi) is 5.13. The molecule has 6 heteroatoms. The first kappa shape index (κ1) is 15.3. The quantitative estimate of drug-likeness (QED) is 0.808. The Morgan fingerprint density at radius 1 is 1.38 bits per heavy atom. The maximum Gasteiger partial charge on any atom is 0.265 e. The van der Waals surface area contributed by atoms with Crippen LogP contribution in [0.1, 0.15) is 20.1 Å². The lowest BCUT2D eigenvalue weighted by Crippen LogP contribution is -2.10. The van der Waals surface area contributed by atoms with Gasteiger partial charge in [-0.25, -0.2) is 0 Å². The van der Waals surface area contributed by atoms with Crippen LogP contribution in [0.25, 0.3) is 0 Å². The average molecular weight is 361 g/mol. The van der Waals surface area contributed by atoms with Crippen molar-refractivity contribution in [3.63, 3.8) is 0 Å². The SMILES string of the molecule is N#Cc1ccc(NC(=O)c2ccc(C#CCO)s2)c(Br)c1. The highest BCUT2D eigenvalue weighted by atomic mass is 79.9. The first-order valence-corrected chi connectivity index (χ1v) is 7.45. The molecule has 0 saturated heterocycles. The molecule has 0 saturated carbocycles. The highest BCUT2D eigenvalue weighted by molar-refractivity contribution is 9.10. The van der Waals surface area contributed by atoms with E-state index in [1.807, 2.05) is 6.07 Å². The molecule has 0 atom stereocenters. The minimum Gasteiger partial charge on any atom is -0.384 e. The number of hydrogen-bond donors (Lipinski definition) is 2. The lowest BCUT2D eigenvalue weighted by atomic mass is 10.2. The summed E-state index contributed by atoms with van der Waals surface area (Å²) in [6.07, 6.45) is 0. The average Bonchev–Trinajstić information content (AvgIpc) is 2.96. The molecule has 0 aliphatic rings. The predicted octanol–water partition coefficient (Wildman–Crippen LogP) is 2.98. The number of halogens is 1. The number of benzene rings is 1. The Balaban J connectivity index is 2.15. The van der Waals surface area contributed by atoms with Crippen molar-refractivity contribution in [3.8, 4) is 17.9 Å². The fourth-order valence-corrected chi connectivity index (χ4v) is 2.78. The summed E-state index contributed by atoms with van der Waals surface area (Å²) in [4.78, 5) is 13.4. The summed E-state index contributed by atoms with van der Waals surface area (Å²) < 4.78 is 0.645. The number of rotatable bonds is 2. The number of carbonyl (C=O) groups is 1. The van der Waals surface area contributed by atoms with Gasteiger partial charge in [0.15, 0.2) is 0 Å². The largest absolute Gasteiger partial charge is 0.384 e. The molecule has 0 aliphatic carbocycles. The maximum absolute atomic E-state index is 12.1. The van der Waals surface area contributed by atoms with Crippen LogP contribution < -0.4 is 5.32 Å². The third kappa shape index (κ3) is 3.93. The molecule has 2 rings (SSSR count). The van der Waals surface area contributed by atoms with Gasteiger partial charge < -0.3 is 10.4 Å². The molecule has 1 amide bonds. The van der Waals surface area contributed by atoms with Gasteiger partial charge in [0.05, 0.1) is 27.1 Å². The van der Waals surface area contributed by atoms with Crippen molar-refractivity contribution < 1.29 is 9.90 Å². The minimum atomic E-state index is -0.248. The number of thiophene rings is 1. The second kappa shape index (κ2) is 7.05. The molecule has 2 N–H and O–H groups in total. The van der Waals surface area contributed by atoms with E-state index in [4.69, 9.17) is 10.4 Å². The highest BCUT2D eigenvalue weighted by Crippen LogP contribution is 2.25. The Hall–Kier alpha value is -2.12. The van der Waals surface area contributed by atoms with Crippen LogP contribution in [0, 0.1) is 23.2 Å². The topological polar surface area (TPSA) is 73.1 Å². The molecule has 0 fully saturated rings. The van der Waals surface area contributed by atoms with Crippen LogP contribution in [0.3, 0.4) is 0 Å². The van der Waals surface area contributed by atoms with Gasteiger partial charge in [0, 0.05) is 4.47 Å². The lowest BCUT2D eigenvalue weighted by Gasteiger charge is -2.06. The van der Waals surface area contributed by atoms with E-state index in [0.29, 0.717) is 25.5 Å². The van der Waals surface area contributed by atoms with Crippen LogP contribution in [-0.2, 0) is 0 Å². The van der Waals surface area contributed by atoms with Crippen LogP contribution in [0.2, 0.25) is 0 Å². The van der Waals surface area contributed by atoms with Crippen molar-refractivity contribution >= 4 is 38.9 Å². The summed E-state index contributed by atoms with van der Waals surface area (Å²) in [7, 11) is 0. The summed E-state index contributed by atoms with van der Waals surface area (Å²) in [6.45, 7) is -0.211. The molecule has 1 aromatic heterocycles. The second-order valence-electron chi connectivity index (χ2n) is 3.88. The number of anilines is 1. The third-order valence-electron chi connectivity index (χ3n) is 2.47. The van der Waals surface area contributed by atoms with Gasteiger partial charge in [-0.2, -0.15) is 5.26 Å². The van der Waals surface area contributed by atoms with E-state index in [1.54, 1.807) is 30.3 Å². The van der Waals surface area contributed by atoms with E-state index in [1.165, 1.54) is 11.3 Å². The number of amides is 1. The molecule has 4 nitrogen and oxygen atoms in total. The molecular formula is C15H9BrN2O2S. The molecule has 1 aromatic carbocycles. The van der Waals surface area contributed by atoms with Crippen LogP contribution in [0.4, 0.5) is 5.69 Å². The molecule has 1 heterocycles. The fourth-order valence-electron chi connectivity index (χ4n) is 1.52. The number of hydrogen-bond acceptors (Lipinski definition) is 4. The Labute approximate surface area is 134 Å². The van der Waals surface area contributed by atoms with Crippen molar-refractivity contribution in [2.24, 2.45) is 0 Å². The molecule has 0 spiro atoms. The maximum atomic E-state index is 12.1. The van der Waals surface area contributed by atoms with Crippen molar-refractivity contribution in [2.75, 3.05) is 11.9 Å². The monoisotopic (exact) mass is 360 g/mol. The van der Waals surface area contributed by atoms with Gasteiger partial charge in [-0.05, 0) is 46.3 Å². The van der Waals surface area contributed by atoms with E-state index in [0.717, 1.165) is 0 Å². The van der Waals surface area contributed by atoms with Gasteiger partial charge in [0.25, 0.3) is 5.91 Å². The van der Waals surface area contributed by atoms with Gasteiger partial charge in [-0.3, -0.25) is 4.79 Å². The molecular weight excluding hydrogens is 352 g/mol. The van der Waals surface area contributed by atoms with E-state index < -0.39 is 0 Å². The second-order valence-corrected chi connectivity index (χ2v) is 5.82. The van der Waals surface area contributed by atoms with Gasteiger partial charge in [0.1, 0.15) is 6.61 Å². The number of carbonyl (C=O) groups excluding carboxylic acids is 1. The molecule has 104 valence electrons. The standard InChI is InChI=1S/C15H9BrN2O2S/c16-12-8-10(9-17)3-5-13(12)18-15(20)14-6-4-11(21-14)2-1-7-19/h3-6,8,19H,7H2,(H,18,20). The third-order valence-corrected chi connectivity index (χ3v) is 4.12. The Morgan fingerprint density at radius 2 is 2.19 bits per heavy atom. The van der Waals surface area contributed by atoms with Crippen molar-refractivity contribution in [1.82, 2.24) is 0 Å². The Bertz CT molecular complexity index is 781. The van der Waals surface area contributed by atoms with E-state index in [2.05, 4.69) is 33.1 Å². The van der Waals surface area contributed by atoms with Crippen LogP contribution >= 0.6 is 27.3 Å². The van der Waals surface area contributed by atoms with Crippen LogP contribution in [0.15, 0.2) is 34.8 Å². The minimum absolute atomic E-state index is 0.211. The number of aliphatic hydroxyl groups excluding tert-OH is 1. The van der Waals surface area contributed by atoms with E-state index in [-0.39, 0.29) is 12.5 Å². The normalized spacial score (nSPS) is 9.38. The summed E-state index contributed by atoms with van der Waals surface area (Å²) >= 11 is 4.57. The lowest BCUT2D eigenvalue weighted by molar-refractivity contribution is 0.103. The Morgan fingerprint density at radius 3 is 2.86 bits per heavy atom. The van der Waals surface area contributed by atoms with Crippen molar-refractivity contribution in [1.29, 1.82) is 5.26 Å². The molecule has 0 radical (unpaired) electrons. The van der Waals surface area contributed by atoms with Crippen molar-refractivity contribution in [2.45, 2.75) is 0 Å². The number of nitriles is 1. The molecule has 0 bridgehead atoms.